The Bertz CT molecular complexity index is 931. The summed E-state index contributed by atoms with van der Waals surface area (Å²) in [4.78, 5) is 25.1. The number of para-hydroxylation sites is 1. The number of aromatic nitrogens is 3. The molecule has 5 atom stereocenters. The maximum absolute atomic E-state index is 12.8. The molecule has 2 bridgehead atoms. The monoisotopic (exact) mass is 307 g/mol. The summed E-state index contributed by atoms with van der Waals surface area (Å²) >= 11 is 0. The number of H-pyrrole nitrogens is 1. The minimum Gasteiger partial charge on any atom is -0.246 e. The number of hydrogen-bond acceptors (Lipinski definition) is 2. The minimum atomic E-state index is -0.378. The molecule has 1 N–H and O–H groups in total. The van der Waals surface area contributed by atoms with Crippen LogP contribution in [0.2, 0.25) is 0 Å². The predicted octanol–water partition coefficient (Wildman–Crippen LogP) is 1.88. The number of rotatable bonds is 2. The number of fused-ring (bicyclic) bond motifs is 5. The lowest BCUT2D eigenvalue weighted by molar-refractivity contribution is 0.287. The summed E-state index contributed by atoms with van der Waals surface area (Å²) in [5.41, 5.74) is -0.0659. The highest BCUT2D eigenvalue weighted by Crippen LogP contribution is 2.55. The Labute approximate surface area is 132 Å². The van der Waals surface area contributed by atoms with Crippen LogP contribution in [0.25, 0.3) is 5.69 Å². The second kappa shape index (κ2) is 4.47. The molecule has 1 fully saturated rings. The first-order chi connectivity index (χ1) is 11.2. The van der Waals surface area contributed by atoms with Crippen LogP contribution in [0.3, 0.4) is 0 Å². The maximum atomic E-state index is 12.8. The fraction of sp³-hybridized carbons (Fsp3) is 0.333. The summed E-state index contributed by atoms with van der Waals surface area (Å²) < 4.78 is 2.73. The lowest BCUT2D eigenvalue weighted by Crippen LogP contribution is -2.32. The van der Waals surface area contributed by atoms with Gasteiger partial charge in [-0.25, -0.2) is 23.9 Å². The van der Waals surface area contributed by atoms with E-state index in [0.717, 1.165) is 0 Å². The van der Waals surface area contributed by atoms with Gasteiger partial charge in [0, 0.05) is 0 Å². The molecule has 1 heterocycles. The zero-order valence-corrected chi connectivity index (χ0v) is 12.5. The molecule has 2 aromatic rings. The summed E-state index contributed by atoms with van der Waals surface area (Å²) in [5, 5.41) is 2.76. The Morgan fingerprint density at radius 1 is 0.957 bits per heavy atom. The van der Waals surface area contributed by atoms with Crippen LogP contribution in [0.1, 0.15) is 12.5 Å². The average Bonchev–Trinajstić information content (AvgIpc) is 3.30. The third-order valence-electron chi connectivity index (χ3n) is 5.64. The van der Waals surface area contributed by atoms with Gasteiger partial charge >= 0.3 is 11.4 Å². The lowest BCUT2D eigenvalue weighted by atomic mass is 9.83. The summed E-state index contributed by atoms with van der Waals surface area (Å²) in [7, 11) is 0. The van der Waals surface area contributed by atoms with Crippen LogP contribution in [0, 0.1) is 23.7 Å². The molecule has 5 heteroatoms. The first-order valence-corrected chi connectivity index (χ1v) is 8.09. The fourth-order valence-electron chi connectivity index (χ4n) is 4.68. The molecule has 116 valence electrons. The normalized spacial score (nSPS) is 33.5. The number of benzene rings is 1. The maximum Gasteiger partial charge on any atom is 0.352 e. The quantitative estimate of drug-likeness (QED) is 0.861. The fourth-order valence-corrected chi connectivity index (χ4v) is 4.68. The van der Waals surface area contributed by atoms with E-state index in [1.807, 2.05) is 18.2 Å². The van der Waals surface area contributed by atoms with Crippen molar-refractivity contribution in [2.45, 2.75) is 12.5 Å². The van der Waals surface area contributed by atoms with Crippen molar-refractivity contribution in [1.82, 2.24) is 14.3 Å². The van der Waals surface area contributed by atoms with Gasteiger partial charge in [0.2, 0.25) is 0 Å². The summed E-state index contributed by atoms with van der Waals surface area (Å²) in [6.07, 6.45) is 10.1. The van der Waals surface area contributed by atoms with Crippen LogP contribution in [0.4, 0.5) is 0 Å². The van der Waals surface area contributed by atoms with E-state index < -0.39 is 0 Å². The van der Waals surface area contributed by atoms with Crippen LogP contribution in [-0.4, -0.2) is 14.3 Å². The topological polar surface area (TPSA) is 59.8 Å². The molecule has 0 amide bonds. The molecule has 1 aromatic carbocycles. The largest absolute Gasteiger partial charge is 0.352 e. The van der Waals surface area contributed by atoms with Gasteiger partial charge in [-0.15, -0.1) is 0 Å². The molecule has 0 spiro atoms. The third-order valence-corrected chi connectivity index (χ3v) is 5.64. The van der Waals surface area contributed by atoms with Crippen molar-refractivity contribution in [3.05, 3.63) is 75.6 Å². The Hall–Kier alpha value is -2.56. The minimum absolute atomic E-state index is 0.0508. The molecule has 0 unspecified atom stereocenters. The van der Waals surface area contributed by atoms with Crippen molar-refractivity contribution in [1.29, 1.82) is 0 Å². The van der Waals surface area contributed by atoms with Crippen molar-refractivity contribution < 1.29 is 0 Å². The van der Waals surface area contributed by atoms with Gasteiger partial charge in [0.25, 0.3) is 0 Å². The van der Waals surface area contributed by atoms with Gasteiger partial charge in [0.05, 0.1) is 11.7 Å². The number of hydrogen-bond donors (Lipinski definition) is 1. The van der Waals surface area contributed by atoms with Crippen molar-refractivity contribution in [3.63, 3.8) is 0 Å². The molecule has 5 nitrogen and oxygen atoms in total. The van der Waals surface area contributed by atoms with E-state index in [9.17, 15) is 9.59 Å². The van der Waals surface area contributed by atoms with Gasteiger partial charge < -0.3 is 0 Å². The number of aromatic amines is 1. The van der Waals surface area contributed by atoms with E-state index in [0.29, 0.717) is 29.4 Å². The van der Waals surface area contributed by atoms with Gasteiger partial charge in [-0.1, -0.05) is 42.5 Å². The molecule has 3 aliphatic rings. The highest BCUT2D eigenvalue weighted by atomic mass is 16.2. The van der Waals surface area contributed by atoms with Crippen LogP contribution < -0.4 is 11.4 Å². The van der Waals surface area contributed by atoms with Crippen molar-refractivity contribution in [2.24, 2.45) is 23.7 Å². The molecule has 0 radical (unpaired) electrons. The first-order valence-electron chi connectivity index (χ1n) is 8.09. The van der Waals surface area contributed by atoms with E-state index in [1.54, 1.807) is 12.1 Å². The van der Waals surface area contributed by atoms with E-state index in [4.69, 9.17) is 0 Å². The van der Waals surface area contributed by atoms with Gasteiger partial charge in [-0.05, 0) is 42.2 Å². The SMILES string of the molecule is O=c1[nH]n([C@H]2C=C[C@@H]3[C@@H]2[C@H]2C=C[C@H]3C2)c(=O)n1-c1ccccc1. The second-order valence-electron chi connectivity index (χ2n) is 6.72. The molecule has 0 aliphatic heterocycles. The number of nitrogens with one attached hydrogen (secondary N) is 1. The Balaban J connectivity index is 1.61. The van der Waals surface area contributed by atoms with Crippen LogP contribution >= 0.6 is 0 Å². The molecule has 0 saturated heterocycles. The van der Waals surface area contributed by atoms with E-state index >= 15 is 0 Å². The van der Waals surface area contributed by atoms with Crippen molar-refractivity contribution in [2.75, 3.05) is 0 Å². The van der Waals surface area contributed by atoms with E-state index in [-0.39, 0.29) is 17.4 Å². The molecule has 1 aromatic heterocycles. The Kier molecular flexibility index (Phi) is 2.52. The number of nitrogens with zero attached hydrogens (tertiary/aromatic N) is 2. The standard InChI is InChI=1S/C18H17N3O2/c22-17-19-21(18(23)20(17)13-4-2-1-3-5-13)15-9-8-14-11-6-7-12(10-11)16(14)15/h1-9,11-12,14-16H,10H2,(H,19,22)/t11-,12-,14-,15-,16-/m0/s1. The van der Waals surface area contributed by atoms with Gasteiger partial charge in [0.1, 0.15) is 0 Å². The molecule has 23 heavy (non-hydrogen) atoms. The zero-order chi connectivity index (χ0) is 15.6. The van der Waals surface area contributed by atoms with Gasteiger partial charge in [-0.2, -0.15) is 0 Å². The van der Waals surface area contributed by atoms with E-state index in [1.165, 1.54) is 15.7 Å². The van der Waals surface area contributed by atoms with Crippen LogP contribution in [0.5, 0.6) is 0 Å². The molecule has 5 rings (SSSR count). The van der Waals surface area contributed by atoms with Gasteiger partial charge in [-0.3, -0.25) is 0 Å². The third kappa shape index (κ3) is 1.67. The molecule has 1 saturated carbocycles. The average molecular weight is 307 g/mol. The van der Waals surface area contributed by atoms with Crippen molar-refractivity contribution in [3.8, 4) is 5.69 Å². The van der Waals surface area contributed by atoms with Gasteiger partial charge in [0.15, 0.2) is 0 Å². The Morgan fingerprint density at radius 2 is 1.74 bits per heavy atom. The highest BCUT2D eigenvalue weighted by Gasteiger charge is 2.50. The first kappa shape index (κ1) is 12.9. The zero-order valence-electron chi connectivity index (χ0n) is 12.5. The highest BCUT2D eigenvalue weighted by molar-refractivity contribution is 5.31. The summed E-state index contributed by atoms with van der Waals surface area (Å²) in [6.45, 7) is 0. The predicted molar refractivity (Wildman–Crippen MR) is 86.5 cm³/mol. The molecular weight excluding hydrogens is 290 g/mol. The van der Waals surface area contributed by atoms with Crippen LogP contribution in [-0.2, 0) is 0 Å². The smallest absolute Gasteiger partial charge is 0.246 e. The molecule has 3 aliphatic carbocycles. The Morgan fingerprint density at radius 3 is 2.57 bits per heavy atom. The molecular formula is C18H17N3O2. The second-order valence-corrected chi connectivity index (χ2v) is 6.72. The van der Waals surface area contributed by atoms with E-state index in [2.05, 4.69) is 29.4 Å². The summed E-state index contributed by atoms with van der Waals surface area (Å²) in [5.74, 6) is 2.01. The van der Waals surface area contributed by atoms with Crippen molar-refractivity contribution >= 4 is 0 Å². The number of allylic oxidation sites excluding steroid dienone is 4. The van der Waals surface area contributed by atoms with Crippen LogP contribution in [0.15, 0.2) is 64.2 Å². The lowest BCUT2D eigenvalue weighted by Gasteiger charge is -2.26. The summed E-state index contributed by atoms with van der Waals surface area (Å²) in [6, 6.07) is 9.01.